The number of allylic oxidation sites excluding steroid dienone is 12. The first-order chi connectivity index (χ1) is 35.0. The Hall–Kier alpha value is -3.15. The van der Waals surface area contributed by atoms with E-state index >= 15 is 0 Å². The number of rotatable bonds is 55. The highest BCUT2D eigenvalue weighted by Crippen LogP contribution is 2.17. The molecule has 0 bridgehead atoms. The molecule has 0 saturated carbocycles. The predicted molar refractivity (Wildman–Crippen MR) is 307 cm³/mol. The second-order valence-corrected chi connectivity index (χ2v) is 20.2. The van der Waals surface area contributed by atoms with Gasteiger partial charge in [-0.3, -0.25) is 14.4 Å². The molecule has 6 heteroatoms. The van der Waals surface area contributed by atoms with Gasteiger partial charge in [0.25, 0.3) is 0 Å². The smallest absolute Gasteiger partial charge is 0.306 e. The summed E-state index contributed by atoms with van der Waals surface area (Å²) in [4.78, 5) is 38.2. The lowest BCUT2D eigenvalue weighted by molar-refractivity contribution is -0.167. The maximum Gasteiger partial charge on any atom is 0.306 e. The molecule has 0 unspecified atom stereocenters. The number of ether oxygens (including phenoxy) is 3. The van der Waals surface area contributed by atoms with Gasteiger partial charge >= 0.3 is 17.9 Å². The monoisotopic (exact) mass is 991 g/mol. The molecule has 410 valence electrons. The van der Waals surface area contributed by atoms with Crippen LogP contribution >= 0.6 is 0 Å². The maximum atomic E-state index is 12.9. The molecule has 0 saturated heterocycles. The molecule has 0 aliphatic heterocycles. The van der Waals surface area contributed by atoms with Gasteiger partial charge in [-0.05, 0) is 89.9 Å². The Bertz CT molecular complexity index is 1320. The second kappa shape index (κ2) is 59.4. The lowest BCUT2D eigenvalue weighted by atomic mass is 10.0. The summed E-state index contributed by atoms with van der Waals surface area (Å²) in [7, 11) is 0. The van der Waals surface area contributed by atoms with Gasteiger partial charge in [0.2, 0.25) is 0 Å². The normalized spacial score (nSPS) is 12.5. The van der Waals surface area contributed by atoms with E-state index in [-0.39, 0.29) is 31.1 Å². The number of esters is 3. The Morgan fingerprint density at radius 3 is 0.887 bits per heavy atom. The van der Waals surface area contributed by atoms with E-state index in [0.29, 0.717) is 19.3 Å². The summed E-state index contributed by atoms with van der Waals surface area (Å²) in [5.74, 6) is -0.913. The van der Waals surface area contributed by atoms with Crippen LogP contribution < -0.4 is 0 Å². The van der Waals surface area contributed by atoms with Crippen molar-refractivity contribution in [3.05, 3.63) is 72.9 Å². The van der Waals surface area contributed by atoms with Crippen molar-refractivity contribution < 1.29 is 28.6 Å². The summed E-state index contributed by atoms with van der Waals surface area (Å²) in [5, 5.41) is 0. The lowest BCUT2D eigenvalue weighted by Crippen LogP contribution is -2.30. The third-order valence-corrected chi connectivity index (χ3v) is 13.2. The lowest BCUT2D eigenvalue weighted by Gasteiger charge is -2.18. The average molecular weight is 992 g/mol. The van der Waals surface area contributed by atoms with Crippen molar-refractivity contribution in [3.8, 4) is 0 Å². The van der Waals surface area contributed by atoms with Crippen molar-refractivity contribution in [1.82, 2.24) is 0 Å². The van der Waals surface area contributed by atoms with Crippen LogP contribution in [-0.4, -0.2) is 37.2 Å². The van der Waals surface area contributed by atoms with Crippen molar-refractivity contribution in [2.45, 2.75) is 309 Å². The average Bonchev–Trinajstić information content (AvgIpc) is 3.37. The van der Waals surface area contributed by atoms with Crippen molar-refractivity contribution in [2.75, 3.05) is 13.2 Å². The van der Waals surface area contributed by atoms with Crippen LogP contribution in [0.2, 0.25) is 0 Å². The Morgan fingerprint density at radius 2 is 0.549 bits per heavy atom. The molecule has 0 fully saturated rings. The fraction of sp³-hybridized carbons (Fsp3) is 0.769. The molecule has 1 atom stereocenters. The van der Waals surface area contributed by atoms with Crippen molar-refractivity contribution in [1.29, 1.82) is 0 Å². The number of hydrogen-bond donors (Lipinski definition) is 0. The molecule has 0 aliphatic rings. The highest BCUT2D eigenvalue weighted by molar-refractivity contribution is 5.71. The van der Waals surface area contributed by atoms with E-state index in [1.807, 2.05) is 0 Å². The molecule has 6 nitrogen and oxygen atoms in total. The number of hydrogen-bond acceptors (Lipinski definition) is 6. The van der Waals surface area contributed by atoms with E-state index in [0.717, 1.165) is 116 Å². The van der Waals surface area contributed by atoms with Crippen LogP contribution in [0, 0.1) is 0 Å². The van der Waals surface area contributed by atoms with Crippen LogP contribution in [0.5, 0.6) is 0 Å². The first-order valence-corrected chi connectivity index (χ1v) is 30.4. The van der Waals surface area contributed by atoms with Crippen LogP contribution in [0.15, 0.2) is 72.9 Å². The third-order valence-electron chi connectivity index (χ3n) is 13.2. The number of carbonyl (C=O) groups excluding carboxylic acids is 3. The summed E-state index contributed by atoms with van der Waals surface area (Å²) in [5.41, 5.74) is 0. The fourth-order valence-electron chi connectivity index (χ4n) is 8.64. The molecule has 0 rings (SSSR count). The third kappa shape index (κ3) is 57.6. The van der Waals surface area contributed by atoms with Crippen LogP contribution in [0.3, 0.4) is 0 Å². The minimum absolute atomic E-state index is 0.0876. The predicted octanol–water partition coefficient (Wildman–Crippen LogP) is 20.5. The second-order valence-electron chi connectivity index (χ2n) is 20.2. The zero-order valence-electron chi connectivity index (χ0n) is 47.0. The Morgan fingerprint density at radius 1 is 0.296 bits per heavy atom. The summed E-state index contributed by atoms with van der Waals surface area (Å²) in [6.07, 6.45) is 76.1. The van der Waals surface area contributed by atoms with E-state index in [1.165, 1.54) is 148 Å². The largest absolute Gasteiger partial charge is 0.462 e. The van der Waals surface area contributed by atoms with Gasteiger partial charge < -0.3 is 14.2 Å². The maximum absolute atomic E-state index is 12.9. The Kier molecular flexibility index (Phi) is 56.8. The molecule has 0 spiro atoms. The minimum Gasteiger partial charge on any atom is -0.462 e. The SMILES string of the molecule is CC/C=C\C/C=C\C/C=C\C/C=C\CCCCCCC(=O)O[C@H](COC(=O)CCCCCCC/C=C\C/C=C\CCCCC)COC(=O)CCCCCCCCCCCCCCCCCCCCCCC. The van der Waals surface area contributed by atoms with E-state index in [9.17, 15) is 14.4 Å². The standard InChI is InChI=1S/C65H114O6/c1-4-7-10-13-16-19-22-25-28-30-31-32-33-35-37-40-43-46-49-52-55-58-64(67)70-61-62(60-69-63(66)57-54-51-48-45-42-39-36-27-24-21-18-15-12-9-6-3)71-65(68)59-56-53-50-47-44-41-38-34-29-26-23-20-17-14-11-8-5-2/h8,11,17-18,20-21,26-27,29,36,38,41,62H,4-7,9-10,12-16,19,22-25,28,30-35,37,39-40,42-61H2,1-3H3/b11-8-,20-17-,21-18-,29-26-,36-27-,41-38-/t62-/m1/s1. The quantitative estimate of drug-likeness (QED) is 0.0261. The summed E-state index contributed by atoms with van der Waals surface area (Å²) < 4.78 is 16.9. The van der Waals surface area contributed by atoms with Gasteiger partial charge in [0, 0.05) is 19.3 Å². The molecule has 71 heavy (non-hydrogen) atoms. The van der Waals surface area contributed by atoms with E-state index < -0.39 is 6.10 Å². The van der Waals surface area contributed by atoms with Gasteiger partial charge in [-0.15, -0.1) is 0 Å². The fourth-order valence-corrected chi connectivity index (χ4v) is 8.64. The molecule has 0 radical (unpaired) electrons. The van der Waals surface area contributed by atoms with E-state index in [1.54, 1.807) is 0 Å². The highest BCUT2D eigenvalue weighted by Gasteiger charge is 2.19. The molecule has 0 amide bonds. The van der Waals surface area contributed by atoms with Gasteiger partial charge in [0.15, 0.2) is 6.10 Å². The summed E-state index contributed by atoms with van der Waals surface area (Å²) >= 11 is 0. The first kappa shape index (κ1) is 67.8. The Balaban J connectivity index is 4.38. The molecule has 0 heterocycles. The molecular formula is C65H114O6. The van der Waals surface area contributed by atoms with Crippen LogP contribution in [0.25, 0.3) is 0 Å². The van der Waals surface area contributed by atoms with Crippen LogP contribution in [0.4, 0.5) is 0 Å². The van der Waals surface area contributed by atoms with Gasteiger partial charge in [-0.1, -0.05) is 267 Å². The molecule has 0 aliphatic carbocycles. The van der Waals surface area contributed by atoms with E-state index in [2.05, 4.69) is 93.7 Å². The topological polar surface area (TPSA) is 78.9 Å². The zero-order valence-corrected chi connectivity index (χ0v) is 47.0. The van der Waals surface area contributed by atoms with Gasteiger partial charge in [-0.2, -0.15) is 0 Å². The summed E-state index contributed by atoms with van der Waals surface area (Å²) in [6.45, 7) is 6.50. The van der Waals surface area contributed by atoms with Crippen molar-refractivity contribution in [2.24, 2.45) is 0 Å². The van der Waals surface area contributed by atoms with Crippen molar-refractivity contribution >= 4 is 17.9 Å². The minimum atomic E-state index is -0.794. The first-order valence-electron chi connectivity index (χ1n) is 30.4. The van der Waals surface area contributed by atoms with Crippen LogP contribution in [-0.2, 0) is 28.6 Å². The Labute approximate surface area is 440 Å². The zero-order chi connectivity index (χ0) is 51.4. The molecule has 0 N–H and O–H groups in total. The molecule has 0 aromatic rings. The molecule has 0 aromatic heterocycles. The van der Waals surface area contributed by atoms with Crippen LogP contribution in [0.1, 0.15) is 303 Å². The number of unbranched alkanes of at least 4 members (excludes halogenated alkanes) is 32. The van der Waals surface area contributed by atoms with Gasteiger partial charge in [0.05, 0.1) is 0 Å². The molecular weight excluding hydrogens is 877 g/mol. The van der Waals surface area contributed by atoms with E-state index in [4.69, 9.17) is 14.2 Å². The van der Waals surface area contributed by atoms with Gasteiger partial charge in [-0.25, -0.2) is 0 Å². The van der Waals surface area contributed by atoms with Crippen molar-refractivity contribution in [3.63, 3.8) is 0 Å². The summed E-state index contributed by atoms with van der Waals surface area (Å²) in [6, 6.07) is 0. The van der Waals surface area contributed by atoms with Gasteiger partial charge in [0.1, 0.15) is 13.2 Å². The number of carbonyl (C=O) groups is 3. The molecule has 0 aromatic carbocycles. The highest BCUT2D eigenvalue weighted by atomic mass is 16.6.